The van der Waals surface area contributed by atoms with E-state index in [0.717, 1.165) is 16.2 Å². The molecule has 8 N–H and O–H groups in total. The number of carboxylic acid groups (broad SMARTS) is 1. The maximum absolute atomic E-state index is 13.1. The van der Waals surface area contributed by atoms with Crippen molar-refractivity contribution >= 4 is 47.3 Å². The Morgan fingerprint density at radius 2 is 1.59 bits per heavy atom. The number of alkyl halides is 6. The van der Waals surface area contributed by atoms with E-state index < -0.39 is 101 Å². The SMILES string of the molecule is C.C.CC(=O)[C@@]12C[C@H]1/C=C\CCCCC[C@H](NC(=O)C(F)(F)F)C(=O)N1C[C@H](O)C[C@H]1C(=O)N2.CCOC(=O)[C@@]1(N)C[C@H]1/C=C\CCCCC[C@H](NC(=O)C(F)(F)F)C(=O)N1C[C@H](O)C[C@H]1C(=O)O. The zero-order valence-electron chi connectivity index (χ0n) is 37.2. The number of Topliss-reactive ketones (excluding diaryl/α,β-unsaturated/α-hetero) is 1. The number of halogens is 6. The number of nitrogens with two attached hydrogens (primary N) is 1. The van der Waals surface area contributed by atoms with Crippen molar-refractivity contribution < 1.29 is 84.8 Å². The largest absolute Gasteiger partial charge is 0.480 e. The average molecular weight is 999 g/mol. The number of carboxylic acids is 1. The van der Waals surface area contributed by atoms with Gasteiger partial charge in [-0.05, 0) is 65.2 Å². The van der Waals surface area contributed by atoms with Crippen LogP contribution in [0.1, 0.15) is 119 Å². The summed E-state index contributed by atoms with van der Waals surface area (Å²) in [6.45, 7) is 2.73. The molecule has 0 aromatic heterocycles. The quantitative estimate of drug-likeness (QED) is 0.0571. The zero-order valence-corrected chi connectivity index (χ0v) is 37.2. The Balaban J connectivity index is 0.000000461. The van der Waals surface area contributed by atoms with Crippen LogP contribution in [0.2, 0.25) is 0 Å². The van der Waals surface area contributed by atoms with Crippen molar-refractivity contribution in [2.45, 2.75) is 178 Å². The number of aliphatic hydroxyl groups is 2. The van der Waals surface area contributed by atoms with Gasteiger partial charge in [0.25, 0.3) is 0 Å². The van der Waals surface area contributed by atoms with Gasteiger partial charge in [-0.3, -0.25) is 33.6 Å². The second-order valence-corrected chi connectivity index (χ2v) is 17.7. The lowest BCUT2D eigenvalue weighted by molar-refractivity contribution is -0.175. The Bertz CT molecular complexity index is 1920. The van der Waals surface area contributed by atoms with E-state index in [2.05, 4.69) is 5.32 Å². The van der Waals surface area contributed by atoms with Crippen molar-refractivity contribution in [1.82, 2.24) is 25.8 Å². The molecule has 2 aliphatic carbocycles. The van der Waals surface area contributed by atoms with Crippen LogP contribution in [0, 0.1) is 11.8 Å². The molecular weight excluding hydrogens is 931 g/mol. The van der Waals surface area contributed by atoms with Gasteiger partial charge in [-0.2, -0.15) is 26.3 Å². The summed E-state index contributed by atoms with van der Waals surface area (Å²) < 4.78 is 81.6. The summed E-state index contributed by atoms with van der Waals surface area (Å²) in [5.41, 5.74) is 3.91. The molecule has 10 atom stereocenters. The minimum atomic E-state index is -5.20. The predicted octanol–water partition coefficient (Wildman–Crippen LogP) is 3.12. The smallest absolute Gasteiger partial charge is 0.471 e. The number of fused-ring (bicyclic) bond motifs is 2. The number of hydrogen-bond acceptors (Lipinski definition) is 12. The van der Waals surface area contributed by atoms with Gasteiger partial charge in [0, 0.05) is 37.8 Å². The van der Waals surface area contributed by atoms with Gasteiger partial charge in [-0.25, -0.2) is 4.79 Å². The first-order valence-electron chi connectivity index (χ1n) is 22.3. The van der Waals surface area contributed by atoms with Gasteiger partial charge in [0.05, 0.1) is 18.8 Å². The van der Waals surface area contributed by atoms with E-state index in [0.29, 0.717) is 57.8 Å². The van der Waals surface area contributed by atoms with Crippen LogP contribution < -0.4 is 21.7 Å². The van der Waals surface area contributed by atoms with Crippen LogP contribution in [0.3, 0.4) is 0 Å². The van der Waals surface area contributed by atoms with Crippen LogP contribution in [0.25, 0.3) is 0 Å². The molecule has 0 aromatic rings. The van der Waals surface area contributed by atoms with Crippen LogP contribution in [-0.4, -0.2) is 152 Å². The molecule has 69 heavy (non-hydrogen) atoms. The van der Waals surface area contributed by atoms with E-state index in [1.54, 1.807) is 17.6 Å². The third kappa shape index (κ3) is 16.0. The molecule has 0 aromatic carbocycles. The molecule has 0 spiro atoms. The maximum Gasteiger partial charge on any atom is 0.471 e. The van der Waals surface area contributed by atoms with Crippen LogP contribution in [-0.2, 0) is 43.1 Å². The van der Waals surface area contributed by atoms with E-state index in [4.69, 9.17) is 10.5 Å². The number of allylic oxidation sites excluding steroid dienone is 2. The minimum Gasteiger partial charge on any atom is -0.480 e. The third-order valence-corrected chi connectivity index (χ3v) is 12.6. The number of nitrogens with zero attached hydrogens (tertiary/aromatic N) is 2. The number of rotatable bonds is 14. The number of amides is 5. The highest BCUT2D eigenvalue weighted by Crippen LogP contribution is 2.46. The molecule has 24 heteroatoms. The molecule has 4 fully saturated rings. The van der Waals surface area contributed by atoms with Crippen molar-refractivity contribution in [3.63, 3.8) is 0 Å². The lowest BCUT2D eigenvalue weighted by atomic mass is 10.0. The number of unbranched alkanes of at least 4 members (excludes halogenated alkanes) is 3. The summed E-state index contributed by atoms with van der Waals surface area (Å²) in [7, 11) is 0. The normalized spacial score (nSPS) is 29.9. The summed E-state index contributed by atoms with van der Waals surface area (Å²) in [5, 5.41) is 35.2. The number of hydrogen-bond donors (Lipinski definition) is 7. The highest BCUT2D eigenvalue weighted by atomic mass is 19.4. The van der Waals surface area contributed by atoms with E-state index in [1.165, 1.54) is 6.92 Å². The number of aliphatic carboxylic acids is 1. The van der Waals surface area contributed by atoms with Gasteiger partial charge in [-0.15, -0.1) is 0 Å². The summed E-state index contributed by atoms with van der Waals surface area (Å²) in [6.07, 6.45) is -0.0936. The highest BCUT2D eigenvalue weighted by molar-refractivity contribution is 5.98. The van der Waals surface area contributed by atoms with Gasteiger partial charge >= 0.3 is 36.1 Å². The fourth-order valence-corrected chi connectivity index (χ4v) is 8.59. The summed E-state index contributed by atoms with van der Waals surface area (Å²) in [6, 6.07) is -5.56. The topological polar surface area (TPSA) is 275 Å². The monoisotopic (exact) mass is 998 g/mol. The molecule has 5 rings (SSSR count). The van der Waals surface area contributed by atoms with Crippen molar-refractivity contribution in [1.29, 1.82) is 0 Å². The van der Waals surface area contributed by atoms with Gasteiger partial charge < -0.3 is 51.5 Å². The molecule has 5 aliphatic rings. The fourth-order valence-electron chi connectivity index (χ4n) is 8.59. The summed E-state index contributed by atoms with van der Waals surface area (Å²) in [5.74, 6) is -9.31. The molecule has 18 nitrogen and oxygen atoms in total. The Kier molecular flexibility index (Phi) is 21.9. The minimum absolute atomic E-state index is 0. The molecule has 0 bridgehead atoms. The number of nitrogens with one attached hydrogen (secondary N) is 3. The summed E-state index contributed by atoms with van der Waals surface area (Å²) in [4.78, 5) is 99.1. The second-order valence-electron chi connectivity index (χ2n) is 17.7. The first-order valence-corrected chi connectivity index (χ1v) is 22.3. The number of β-amino-alcohol motifs (C(OH)–C–C–N with tert-alkyl or cyclic N) is 1. The Morgan fingerprint density at radius 1 is 0.942 bits per heavy atom. The molecule has 2 saturated heterocycles. The molecular formula is C45H68F6N6O12. The zero-order chi connectivity index (χ0) is 50.1. The van der Waals surface area contributed by atoms with E-state index in [-0.39, 0.29) is 77.9 Å². The molecule has 3 heterocycles. The molecule has 2 saturated carbocycles. The number of carbonyl (C=O) groups is 8. The molecule has 3 aliphatic heterocycles. The molecule has 392 valence electrons. The molecule has 5 amide bonds. The van der Waals surface area contributed by atoms with Crippen molar-refractivity contribution in [3.8, 4) is 0 Å². The van der Waals surface area contributed by atoms with Crippen molar-refractivity contribution in [3.05, 3.63) is 24.3 Å². The summed E-state index contributed by atoms with van der Waals surface area (Å²) >= 11 is 0. The fraction of sp³-hybridized carbons (Fsp3) is 0.733. The lowest BCUT2D eigenvalue weighted by Crippen LogP contribution is -2.57. The number of likely N-dealkylation sites (tertiary alicyclic amines) is 1. The number of ketones is 1. The predicted molar refractivity (Wildman–Crippen MR) is 235 cm³/mol. The van der Waals surface area contributed by atoms with Crippen LogP contribution >= 0.6 is 0 Å². The lowest BCUT2D eigenvalue weighted by Gasteiger charge is -2.29. The number of carbonyl (C=O) groups excluding carboxylic acids is 7. The van der Waals surface area contributed by atoms with Gasteiger partial charge in [0.1, 0.15) is 35.2 Å². The van der Waals surface area contributed by atoms with E-state index in [9.17, 15) is 80.0 Å². The first kappa shape index (κ1) is 60.0. The van der Waals surface area contributed by atoms with Crippen LogP contribution in [0.4, 0.5) is 26.3 Å². The Labute approximate surface area is 397 Å². The van der Waals surface area contributed by atoms with Gasteiger partial charge in [0.15, 0.2) is 5.78 Å². The third-order valence-electron chi connectivity index (χ3n) is 12.6. The number of esters is 1. The Morgan fingerprint density at radius 3 is 2.20 bits per heavy atom. The Hall–Kier alpha value is -5.10. The van der Waals surface area contributed by atoms with E-state index >= 15 is 0 Å². The number of ether oxygens (including phenoxy) is 1. The second kappa shape index (κ2) is 25.1. The van der Waals surface area contributed by atoms with Gasteiger partial charge in [-0.1, -0.05) is 64.8 Å². The van der Waals surface area contributed by atoms with Crippen LogP contribution in [0.15, 0.2) is 24.3 Å². The average Bonchev–Trinajstić information content (AvgIpc) is 3.99. The number of aliphatic hydroxyl groups excluding tert-OH is 2. The van der Waals surface area contributed by atoms with E-state index in [1.807, 2.05) is 24.3 Å². The van der Waals surface area contributed by atoms with Crippen molar-refractivity contribution in [2.75, 3.05) is 19.7 Å². The van der Waals surface area contributed by atoms with Crippen LogP contribution in [0.5, 0.6) is 0 Å². The standard InChI is InChI=1S/C22H32F3N3O7.C21H28F3N3O5.2CH4/c1-2-35-20(34)21(26)11-13(21)8-6-4-3-5-7-9-15(27-19(33)22(23,24)25)17(30)28-12-14(29)10-16(28)18(31)32;1-12(28)20-10-13(20)7-5-3-2-4-6-8-15(25-19(32)21(22,23)24)18(31)27-11-14(29)9-16(27)17(30)26-20;;/h6,8,13-16,29H,2-5,7,9-12,26H2,1H3,(H,27,33)(H,31,32);5,7,13-16,29H,2-4,6,8-11H2,1H3,(H,25,32)(H,26,30);2*1H4/b8-6-;7-5-;;/t13-,14-,15+,16+,21-;13-,14-,15+,16+,20+;;/m11../s1. The van der Waals surface area contributed by atoms with Crippen molar-refractivity contribution in [2.24, 2.45) is 17.6 Å². The maximum atomic E-state index is 13.1. The highest BCUT2D eigenvalue weighted by Gasteiger charge is 2.59. The van der Waals surface area contributed by atoms with Gasteiger partial charge in [0.2, 0.25) is 17.7 Å². The first-order chi connectivity index (χ1) is 31.3. The molecule has 0 unspecified atom stereocenters. The molecule has 0 radical (unpaired) electrons.